The quantitative estimate of drug-likeness (QED) is 0.356. The maximum Gasteiger partial charge on any atom is 0.264 e. The molecule has 0 aliphatic carbocycles. The Morgan fingerprint density at radius 3 is 1.48 bits per heavy atom. The number of benzene rings is 2. The van der Waals surface area contributed by atoms with Gasteiger partial charge in [0.05, 0.1) is 24.0 Å². The Hall–Kier alpha value is -3.18. The van der Waals surface area contributed by atoms with Crippen LogP contribution in [0, 0.1) is 0 Å². The SMILES string of the molecule is c1ccc2c(c1)ccc[n+]2OCCOCCO[n+]1cccc2ccccc21. The number of ether oxygens (including phenoxy) is 1. The lowest BCUT2D eigenvalue weighted by molar-refractivity contribution is -0.872. The van der Waals surface area contributed by atoms with Crippen LogP contribution in [-0.2, 0) is 4.74 Å². The van der Waals surface area contributed by atoms with Crippen molar-refractivity contribution in [1.29, 1.82) is 0 Å². The molecule has 2 aromatic heterocycles. The third-order valence-electron chi connectivity index (χ3n) is 4.26. The molecule has 0 aliphatic rings. The molecule has 27 heavy (non-hydrogen) atoms. The first kappa shape index (κ1) is 17.2. The highest BCUT2D eigenvalue weighted by Gasteiger charge is 2.10. The third kappa shape index (κ3) is 4.15. The van der Waals surface area contributed by atoms with Gasteiger partial charge in [-0.05, 0) is 24.3 Å². The van der Waals surface area contributed by atoms with Crippen LogP contribution in [0.4, 0.5) is 0 Å². The van der Waals surface area contributed by atoms with E-state index in [4.69, 9.17) is 14.4 Å². The summed E-state index contributed by atoms with van der Waals surface area (Å²) in [7, 11) is 0. The van der Waals surface area contributed by atoms with Crippen LogP contribution >= 0.6 is 0 Å². The molecule has 4 aromatic rings. The minimum Gasteiger partial charge on any atom is -0.374 e. The molecule has 0 atom stereocenters. The normalized spacial score (nSPS) is 11.0. The fraction of sp³-hybridized carbons (Fsp3) is 0.182. The molecule has 5 nitrogen and oxygen atoms in total. The van der Waals surface area contributed by atoms with Crippen molar-refractivity contribution in [2.24, 2.45) is 0 Å². The summed E-state index contributed by atoms with van der Waals surface area (Å²) in [6, 6.07) is 24.3. The molecular weight excluding hydrogens is 340 g/mol. The second-order valence-electron chi connectivity index (χ2n) is 6.06. The molecule has 0 amide bonds. The Balaban J connectivity index is 1.22. The van der Waals surface area contributed by atoms with Gasteiger partial charge < -0.3 is 4.74 Å². The molecule has 0 fully saturated rings. The van der Waals surface area contributed by atoms with Crippen molar-refractivity contribution in [2.75, 3.05) is 26.4 Å². The lowest BCUT2D eigenvalue weighted by atomic mass is 10.2. The van der Waals surface area contributed by atoms with Crippen LogP contribution in [0.15, 0.2) is 85.2 Å². The van der Waals surface area contributed by atoms with Crippen molar-refractivity contribution in [3.63, 3.8) is 0 Å². The number of pyridine rings is 2. The van der Waals surface area contributed by atoms with Crippen LogP contribution in [0.5, 0.6) is 0 Å². The van der Waals surface area contributed by atoms with Crippen molar-refractivity contribution < 1.29 is 23.9 Å². The van der Waals surface area contributed by atoms with Crippen molar-refractivity contribution in [2.45, 2.75) is 0 Å². The minimum atomic E-state index is 0.472. The van der Waals surface area contributed by atoms with Gasteiger partial charge >= 0.3 is 0 Å². The summed E-state index contributed by atoms with van der Waals surface area (Å²) in [4.78, 5) is 11.6. The van der Waals surface area contributed by atoms with Gasteiger partial charge in [-0.25, -0.2) is 0 Å². The van der Waals surface area contributed by atoms with E-state index in [1.807, 2.05) is 60.9 Å². The molecule has 0 N–H and O–H groups in total. The summed E-state index contributed by atoms with van der Waals surface area (Å²) >= 11 is 0. The smallest absolute Gasteiger partial charge is 0.264 e. The first-order chi connectivity index (χ1) is 13.4. The number of para-hydroxylation sites is 2. The summed E-state index contributed by atoms with van der Waals surface area (Å²) in [5.74, 6) is 0. The molecule has 2 heterocycles. The number of hydrogen-bond acceptors (Lipinski definition) is 3. The van der Waals surface area contributed by atoms with Gasteiger partial charge in [0.25, 0.3) is 11.0 Å². The van der Waals surface area contributed by atoms with Gasteiger partial charge in [-0.2, -0.15) is 0 Å². The highest BCUT2D eigenvalue weighted by Crippen LogP contribution is 2.07. The highest BCUT2D eigenvalue weighted by molar-refractivity contribution is 5.75. The molecule has 4 rings (SSSR count). The van der Waals surface area contributed by atoms with Gasteiger partial charge in [0.1, 0.15) is 0 Å². The molecule has 0 spiro atoms. The standard InChI is InChI=1S/C22H22N2O3/c1-3-11-21-19(7-1)9-5-13-23(21)26-17-15-25-16-18-27-24-14-6-10-20-8-2-4-12-22(20)24/h1-14H,15-18H2/q+2. The lowest BCUT2D eigenvalue weighted by Crippen LogP contribution is -2.45. The zero-order valence-corrected chi connectivity index (χ0v) is 15.0. The summed E-state index contributed by atoms with van der Waals surface area (Å²) in [5, 5.41) is 2.28. The van der Waals surface area contributed by atoms with Crippen molar-refractivity contribution in [3.8, 4) is 0 Å². The first-order valence-corrected chi connectivity index (χ1v) is 9.05. The molecule has 0 unspecified atom stereocenters. The third-order valence-corrected chi connectivity index (χ3v) is 4.26. The van der Waals surface area contributed by atoms with Crippen LogP contribution in [-0.4, -0.2) is 26.4 Å². The van der Waals surface area contributed by atoms with E-state index in [9.17, 15) is 0 Å². The molecule has 136 valence electrons. The van der Waals surface area contributed by atoms with E-state index < -0.39 is 0 Å². The summed E-state index contributed by atoms with van der Waals surface area (Å²) in [6.07, 6.45) is 3.81. The van der Waals surface area contributed by atoms with Crippen LogP contribution in [0.3, 0.4) is 0 Å². The number of hydrogen-bond donors (Lipinski definition) is 0. The van der Waals surface area contributed by atoms with E-state index in [-0.39, 0.29) is 0 Å². The molecule has 5 heteroatoms. The van der Waals surface area contributed by atoms with Gasteiger partial charge in [0.2, 0.25) is 12.4 Å². The largest absolute Gasteiger partial charge is 0.374 e. The first-order valence-electron chi connectivity index (χ1n) is 9.05. The number of aromatic nitrogens is 2. The summed E-state index contributed by atoms with van der Waals surface area (Å²) in [6.45, 7) is 1.94. The van der Waals surface area contributed by atoms with Gasteiger partial charge in [0, 0.05) is 33.7 Å². The van der Waals surface area contributed by atoms with Crippen molar-refractivity contribution in [3.05, 3.63) is 85.2 Å². The zero-order chi connectivity index (χ0) is 18.3. The zero-order valence-electron chi connectivity index (χ0n) is 15.0. The van der Waals surface area contributed by atoms with Crippen LogP contribution in [0.1, 0.15) is 0 Å². The fourth-order valence-electron chi connectivity index (χ4n) is 2.98. The number of rotatable bonds is 8. The summed E-state index contributed by atoms with van der Waals surface area (Å²) in [5.41, 5.74) is 2.08. The Labute approximate surface area is 157 Å². The average Bonchev–Trinajstić information content (AvgIpc) is 2.73. The molecule has 0 saturated carbocycles. The van der Waals surface area contributed by atoms with Crippen molar-refractivity contribution in [1.82, 2.24) is 0 Å². The molecule has 0 bridgehead atoms. The van der Waals surface area contributed by atoms with E-state index in [0.717, 1.165) is 21.8 Å². The molecule has 0 saturated heterocycles. The van der Waals surface area contributed by atoms with E-state index >= 15 is 0 Å². The van der Waals surface area contributed by atoms with Gasteiger partial charge in [0.15, 0.2) is 13.2 Å². The predicted octanol–water partition coefficient (Wildman–Crippen LogP) is 2.14. The lowest BCUT2D eigenvalue weighted by Gasteiger charge is -2.04. The molecule has 0 radical (unpaired) electrons. The van der Waals surface area contributed by atoms with E-state index in [1.54, 1.807) is 9.46 Å². The van der Waals surface area contributed by atoms with E-state index in [1.165, 1.54) is 0 Å². The average molecular weight is 362 g/mol. The molecular formula is C22H22N2O3+2. The fourth-order valence-corrected chi connectivity index (χ4v) is 2.98. The van der Waals surface area contributed by atoms with Crippen LogP contribution < -0.4 is 19.1 Å². The highest BCUT2D eigenvalue weighted by atomic mass is 16.7. The second kappa shape index (κ2) is 8.47. The van der Waals surface area contributed by atoms with Gasteiger partial charge in [-0.3, -0.25) is 9.68 Å². The number of nitrogens with zero attached hydrogens (tertiary/aromatic N) is 2. The van der Waals surface area contributed by atoms with Crippen LogP contribution in [0.2, 0.25) is 0 Å². The Morgan fingerprint density at radius 2 is 0.963 bits per heavy atom. The summed E-state index contributed by atoms with van der Waals surface area (Å²) < 4.78 is 9.18. The maximum atomic E-state index is 5.79. The Morgan fingerprint density at radius 1 is 0.519 bits per heavy atom. The van der Waals surface area contributed by atoms with E-state index in [2.05, 4.69) is 24.3 Å². The maximum absolute atomic E-state index is 5.79. The van der Waals surface area contributed by atoms with Gasteiger partial charge in [-0.1, -0.05) is 24.3 Å². The molecule has 0 aliphatic heterocycles. The van der Waals surface area contributed by atoms with Crippen LogP contribution in [0.25, 0.3) is 21.8 Å². The monoisotopic (exact) mass is 362 g/mol. The van der Waals surface area contributed by atoms with Gasteiger partial charge in [-0.15, -0.1) is 0 Å². The Kier molecular flexibility index (Phi) is 5.41. The minimum absolute atomic E-state index is 0.472. The number of fused-ring (bicyclic) bond motifs is 2. The van der Waals surface area contributed by atoms with E-state index in [0.29, 0.717) is 26.4 Å². The predicted molar refractivity (Wildman–Crippen MR) is 102 cm³/mol. The molecule has 2 aromatic carbocycles. The van der Waals surface area contributed by atoms with Crippen molar-refractivity contribution >= 4 is 21.8 Å². The Bertz CT molecular complexity index is 942. The second-order valence-corrected chi connectivity index (χ2v) is 6.06. The topological polar surface area (TPSA) is 35.5 Å².